The lowest BCUT2D eigenvalue weighted by atomic mass is 9.96. The van der Waals surface area contributed by atoms with E-state index in [0.29, 0.717) is 22.2 Å². The molecular weight excluding hydrogens is 294 g/mol. The molecule has 1 aromatic carbocycles. The monoisotopic (exact) mass is 305 g/mol. The van der Waals surface area contributed by atoms with Crippen molar-refractivity contribution < 1.29 is 9.53 Å². The highest BCUT2D eigenvalue weighted by Crippen LogP contribution is 2.37. The summed E-state index contributed by atoms with van der Waals surface area (Å²) in [5.41, 5.74) is 1.79. The molecule has 1 N–H and O–H groups in total. The third-order valence-electron chi connectivity index (χ3n) is 3.32. The Hall–Kier alpha value is -2.41. The second-order valence-electron chi connectivity index (χ2n) is 4.53. The van der Waals surface area contributed by atoms with Crippen LogP contribution in [0.15, 0.2) is 35.5 Å². The van der Waals surface area contributed by atoms with Crippen molar-refractivity contribution in [1.29, 1.82) is 0 Å². The van der Waals surface area contributed by atoms with Crippen LogP contribution in [0.25, 0.3) is 0 Å². The lowest BCUT2D eigenvalue weighted by molar-refractivity contribution is -0.136. The van der Waals surface area contributed by atoms with Crippen molar-refractivity contribution in [2.45, 2.75) is 13.0 Å². The molecule has 2 aromatic rings. The summed E-state index contributed by atoms with van der Waals surface area (Å²) < 4.78 is 6.40. The zero-order chi connectivity index (χ0) is 15.0. The fourth-order valence-electron chi connectivity index (χ4n) is 2.37. The SMILES string of the molecule is COC(=O)C1=C(C)Nc2nnnn2C1c1ccccc1Cl. The van der Waals surface area contributed by atoms with Crippen LogP contribution in [0.5, 0.6) is 0 Å². The first-order valence-corrected chi connectivity index (χ1v) is 6.59. The standard InChI is InChI=1S/C13H12ClN5O2/c1-7-10(12(20)21-2)11(8-5-3-4-6-9(8)14)19-13(15-7)16-17-18-19/h3-6,11H,1-2H3,(H,15,16,18). The number of methoxy groups -OCH3 is 1. The Morgan fingerprint density at radius 1 is 1.43 bits per heavy atom. The van der Waals surface area contributed by atoms with Crippen molar-refractivity contribution in [3.8, 4) is 0 Å². The quantitative estimate of drug-likeness (QED) is 0.852. The van der Waals surface area contributed by atoms with Gasteiger partial charge in [-0.3, -0.25) is 0 Å². The van der Waals surface area contributed by atoms with E-state index in [1.54, 1.807) is 13.0 Å². The van der Waals surface area contributed by atoms with Crippen LogP contribution in [-0.2, 0) is 9.53 Å². The first kappa shape index (κ1) is 13.6. The van der Waals surface area contributed by atoms with Crippen LogP contribution in [0.4, 0.5) is 5.95 Å². The molecule has 1 unspecified atom stereocenters. The first-order chi connectivity index (χ1) is 10.1. The second kappa shape index (κ2) is 5.17. The van der Waals surface area contributed by atoms with Gasteiger partial charge < -0.3 is 10.1 Å². The average molecular weight is 306 g/mol. The van der Waals surface area contributed by atoms with Gasteiger partial charge in [0.15, 0.2) is 0 Å². The number of allylic oxidation sites excluding steroid dienone is 1. The molecule has 1 aromatic heterocycles. The number of benzene rings is 1. The van der Waals surface area contributed by atoms with Crippen molar-refractivity contribution >= 4 is 23.5 Å². The molecule has 0 fully saturated rings. The molecule has 0 radical (unpaired) electrons. The van der Waals surface area contributed by atoms with Gasteiger partial charge in [-0.05, 0) is 23.4 Å². The summed E-state index contributed by atoms with van der Waals surface area (Å²) in [6.07, 6.45) is 0. The van der Waals surface area contributed by atoms with Gasteiger partial charge in [0, 0.05) is 16.3 Å². The highest BCUT2D eigenvalue weighted by atomic mass is 35.5. The molecule has 0 saturated heterocycles. The minimum Gasteiger partial charge on any atom is -0.466 e. The van der Waals surface area contributed by atoms with E-state index in [-0.39, 0.29) is 0 Å². The number of anilines is 1. The predicted molar refractivity (Wildman–Crippen MR) is 75.7 cm³/mol. The Labute approximate surface area is 125 Å². The van der Waals surface area contributed by atoms with E-state index in [0.717, 1.165) is 5.56 Å². The molecule has 3 rings (SSSR count). The molecule has 108 valence electrons. The summed E-state index contributed by atoms with van der Waals surface area (Å²) in [6.45, 7) is 1.77. The summed E-state index contributed by atoms with van der Waals surface area (Å²) in [5.74, 6) is -0.00357. The van der Waals surface area contributed by atoms with E-state index < -0.39 is 12.0 Å². The molecule has 1 aliphatic rings. The zero-order valence-electron chi connectivity index (χ0n) is 11.4. The number of hydrogen-bond donors (Lipinski definition) is 1. The van der Waals surface area contributed by atoms with Gasteiger partial charge in [-0.1, -0.05) is 34.9 Å². The summed E-state index contributed by atoms with van der Waals surface area (Å²) in [6, 6.07) is 6.73. The number of rotatable bonds is 2. The van der Waals surface area contributed by atoms with Gasteiger partial charge in [-0.2, -0.15) is 4.68 Å². The van der Waals surface area contributed by atoms with Crippen LogP contribution in [0, 0.1) is 0 Å². The first-order valence-electron chi connectivity index (χ1n) is 6.22. The summed E-state index contributed by atoms with van der Waals surface area (Å²) in [4.78, 5) is 12.2. The number of nitrogens with zero attached hydrogens (tertiary/aromatic N) is 4. The Morgan fingerprint density at radius 3 is 2.90 bits per heavy atom. The molecule has 0 saturated carbocycles. The summed E-state index contributed by atoms with van der Waals surface area (Å²) >= 11 is 6.27. The van der Waals surface area contributed by atoms with Gasteiger partial charge in [0.05, 0.1) is 12.7 Å². The molecule has 21 heavy (non-hydrogen) atoms. The smallest absolute Gasteiger partial charge is 0.338 e. The maximum absolute atomic E-state index is 12.2. The number of tetrazole rings is 1. The maximum Gasteiger partial charge on any atom is 0.338 e. The van der Waals surface area contributed by atoms with Gasteiger partial charge in [0.1, 0.15) is 6.04 Å². The van der Waals surface area contributed by atoms with Gasteiger partial charge in [0.25, 0.3) is 0 Å². The summed E-state index contributed by atoms with van der Waals surface area (Å²) in [5, 5.41) is 15.0. The number of hydrogen-bond acceptors (Lipinski definition) is 6. The van der Waals surface area contributed by atoms with Crippen molar-refractivity contribution in [2.24, 2.45) is 0 Å². The third-order valence-corrected chi connectivity index (χ3v) is 3.66. The molecule has 8 heteroatoms. The largest absolute Gasteiger partial charge is 0.466 e. The normalized spacial score (nSPS) is 17.2. The van der Waals surface area contributed by atoms with E-state index in [4.69, 9.17) is 16.3 Å². The Bertz CT molecular complexity index is 740. The van der Waals surface area contributed by atoms with Crippen LogP contribution in [0.3, 0.4) is 0 Å². The van der Waals surface area contributed by atoms with Gasteiger partial charge in [-0.15, -0.1) is 0 Å². The van der Waals surface area contributed by atoms with Crippen LogP contribution >= 0.6 is 11.6 Å². The molecule has 1 aliphatic heterocycles. The molecule has 7 nitrogen and oxygen atoms in total. The highest BCUT2D eigenvalue weighted by Gasteiger charge is 2.35. The zero-order valence-corrected chi connectivity index (χ0v) is 12.1. The fraction of sp³-hybridized carbons (Fsp3) is 0.231. The molecule has 2 heterocycles. The lowest BCUT2D eigenvalue weighted by Crippen LogP contribution is -2.29. The molecule has 0 spiro atoms. The number of fused-ring (bicyclic) bond motifs is 1. The second-order valence-corrected chi connectivity index (χ2v) is 4.93. The van der Waals surface area contributed by atoms with E-state index in [2.05, 4.69) is 20.8 Å². The van der Waals surface area contributed by atoms with Gasteiger partial charge in [-0.25, -0.2) is 4.79 Å². The molecular formula is C13H12ClN5O2. The topological polar surface area (TPSA) is 81.9 Å². The number of ether oxygens (including phenoxy) is 1. The number of esters is 1. The average Bonchev–Trinajstić information content (AvgIpc) is 2.93. The number of halogens is 1. The third kappa shape index (κ3) is 2.15. The molecule has 1 atom stereocenters. The lowest BCUT2D eigenvalue weighted by Gasteiger charge is -2.27. The van der Waals surface area contributed by atoms with Crippen molar-refractivity contribution in [3.63, 3.8) is 0 Å². The molecule has 0 aliphatic carbocycles. The predicted octanol–water partition coefficient (Wildman–Crippen LogP) is 1.79. The van der Waals surface area contributed by atoms with Crippen molar-refractivity contribution in [2.75, 3.05) is 12.4 Å². The maximum atomic E-state index is 12.2. The molecule has 0 bridgehead atoms. The van der Waals surface area contributed by atoms with E-state index in [9.17, 15) is 4.79 Å². The number of carbonyl (C=O) groups is 1. The Kier molecular flexibility index (Phi) is 3.34. The Morgan fingerprint density at radius 2 is 2.19 bits per heavy atom. The number of nitrogens with one attached hydrogen (secondary N) is 1. The Balaban J connectivity index is 2.23. The minimum absolute atomic E-state index is 0.422. The van der Waals surface area contributed by atoms with Gasteiger partial charge >= 0.3 is 5.97 Å². The number of aromatic nitrogens is 4. The van der Waals surface area contributed by atoms with E-state index in [1.807, 2.05) is 18.2 Å². The van der Waals surface area contributed by atoms with Crippen LogP contribution < -0.4 is 5.32 Å². The van der Waals surface area contributed by atoms with E-state index >= 15 is 0 Å². The van der Waals surface area contributed by atoms with Crippen LogP contribution in [0.2, 0.25) is 5.02 Å². The fourth-order valence-corrected chi connectivity index (χ4v) is 2.61. The van der Waals surface area contributed by atoms with Gasteiger partial charge in [0.2, 0.25) is 5.95 Å². The van der Waals surface area contributed by atoms with Crippen LogP contribution in [-0.4, -0.2) is 33.3 Å². The van der Waals surface area contributed by atoms with E-state index in [1.165, 1.54) is 11.8 Å². The molecule has 0 amide bonds. The number of carbonyl (C=O) groups excluding carboxylic acids is 1. The minimum atomic E-state index is -0.530. The summed E-state index contributed by atoms with van der Waals surface area (Å²) in [7, 11) is 1.33. The highest BCUT2D eigenvalue weighted by molar-refractivity contribution is 6.31. The van der Waals surface area contributed by atoms with Crippen molar-refractivity contribution in [3.05, 3.63) is 46.1 Å². The van der Waals surface area contributed by atoms with Crippen LogP contribution in [0.1, 0.15) is 18.5 Å². The van der Waals surface area contributed by atoms with Crippen molar-refractivity contribution in [1.82, 2.24) is 20.2 Å².